The van der Waals surface area contributed by atoms with Crippen LogP contribution >= 0.6 is 0 Å². The lowest BCUT2D eigenvalue weighted by Crippen LogP contribution is -2.43. The molecule has 2 aliphatic heterocycles. The molecule has 0 saturated carbocycles. The van der Waals surface area contributed by atoms with E-state index in [1.807, 2.05) is 56.3 Å². The smallest absolute Gasteiger partial charge is 0.374 e. The fourth-order valence-electron chi connectivity index (χ4n) is 4.70. The number of aliphatic imine (C=N–C) groups is 1. The van der Waals surface area contributed by atoms with Crippen LogP contribution < -0.4 is 0 Å². The number of aryl methyl sites for hydroxylation is 3. The Morgan fingerprint density at radius 3 is 2.10 bits per heavy atom. The van der Waals surface area contributed by atoms with Crippen LogP contribution in [0, 0.1) is 20.8 Å². The van der Waals surface area contributed by atoms with E-state index in [0.717, 1.165) is 33.6 Å². The number of rotatable bonds is 4. The first-order valence-electron chi connectivity index (χ1n) is 12.8. The molecule has 2 atom stereocenters. The van der Waals surface area contributed by atoms with E-state index >= 15 is 0 Å². The summed E-state index contributed by atoms with van der Waals surface area (Å²) in [4.78, 5) is 34.2. The number of carboxylic acids is 1. The average molecular weight is 519 g/mol. The SMILES string of the molecule is CC1=CN2C(=NC(c3ccc(C)cc3)C2C(=O)C(=O)O)C=C1.Cc1ccc(-c2cn3cc(C)ccc3n2)cc1. The molecule has 4 aromatic rings. The lowest BCUT2D eigenvalue weighted by molar-refractivity contribution is -0.150. The molecular formula is C32H30N4O3. The van der Waals surface area contributed by atoms with Gasteiger partial charge in [-0.1, -0.05) is 71.8 Å². The maximum Gasteiger partial charge on any atom is 0.374 e. The molecule has 2 unspecified atom stereocenters. The first kappa shape index (κ1) is 25.9. The second-order valence-electron chi connectivity index (χ2n) is 10.0. The van der Waals surface area contributed by atoms with E-state index in [9.17, 15) is 9.59 Å². The molecule has 0 bridgehead atoms. The van der Waals surface area contributed by atoms with Crippen LogP contribution in [0.5, 0.6) is 0 Å². The van der Waals surface area contributed by atoms with Crippen molar-refractivity contribution >= 4 is 23.2 Å². The number of imidazole rings is 1. The number of fused-ring (bicyclic) bond motifs is 2. The molecule has 2 aliphatic rings. The monoisotopic (exact) mass is 518 g/mol. The number of pyridine rings is 1. The normalized spacial score (nSPS) is 17.7. The summed E-state index contributed by atoms with van der Waals surface area (Å²) in [6.07, 6.45) is 9.66. The number of carboxylic acid groups (broad SMARTS) is 1. The van der Waals surface area contributed by atoms with Crippen molar-refractivity contribution in [3.8, 4) is 11.3 Å². The van der Waals surface area contributed by atoms with Crippen LogP contribution in [-0.2, 0) is 9.59 Å². The molecule has 6 rings (SSSR count). The Morgan fingerprint density at radius 1 is 0.795 bits per heavy atom. The summed E-state index contributed by atoms with van der Waals surface area (Å²) in [7, 11) is 0. The van der Waals surface area contributed by atoms with Gasteiger partial charge in [-0.3, -0.25) is 9.79 Å². The van der Waals surface area contributed by atoms with Crippen LogP contribution in [0.15, 0.2) is 102 Å². The van der Waals surface area contributed by atoms with Crippen LogP contribution in [-0.4, -0.2) is 43.0 Å². The summed E-state index contributed by atoms with van der Waals surface area (Å²) >= 11 is 0. The molecule has 0 radical (unpaired) electrons. The molecule has 4 heterocycles. The third-order valence-electron chi connectivity index (χ3n) is 6.82. The first-order valence-corrected chi connectivity index (χ1v) is 12.8. The predicted octanol–water partition coefficient (Wildman–Crippen LogP) is 5.86. The third-order valence-corrected chi connectivity index (χ3v) is 6.82. The number of Topliss-reactive ketones (excluding diaryl/α,β-unsaturated/α-hetero) is 1. The van der Waals surface area contributed by atoms with Crippen molar-refractivity contribution in [1.29, 1.82) is 0 Å². The highest BCUT2D eigenvalue weighted by atomic mass is 16.4. The molecular weight excluding hydrogens is 488 g/mol. The number of carbonyl (C=O) groups excluding carboxylic acids is 1. The molecule has 0 fully saturated rings. The minimum atomic E-state index is -1.43. The number of ketones is 1. The van der Waals surface area contributed by atoms with Gasteiger partial charge in [0, 0.05) is 24.2 Å². The second kappa shape index (κ2) is 10.5. The van der Waals surface area contributed by atoms with E-state index in [2.05, 4.69) is 71.0 Å². The van der Waals surface area contributed by atoms with Crippen molar-refractivity contribution in [2.24, 2.45) is 4.99 Å². The predicted molar refractivity (Wildman–Crippen MR) is 153 cm³/mol. The highest BCUT2D eigenvalue weighted by Crippen LogP contribution is 2.34. The van der Waals surface area contributed by atoms with Gasteiger partial charge >= 0.3 is 5.97 Å². The average Bonchev–Trinajstić information content (AvgIpc) is 3.50. The Bertz CT molecular complexity index is 1640. The molecule has 7 heteroatoms. The number of hydrogen-bond donors (Lipinski definition) is 1. The summed E-state index contributed by atoms with van der Waals surface area (Å²) < 4.78 is 2.07. The summed E-state index contributed by atoms with van der Waals surface area (Å²) in [5, 5.41) is 9.14. The molecule has 0 spiro atoms. The van der Waals surface area contributed by atoms with Crippen molar-refractivity contribution in [1.82, 2.24) is 14.3 Å². The molecule has 2 aromatic heterocycles. The highest BCUT2D eigenvalue weighted by Gasteiger charge is 2.43. The fourth-order valence-corrected chi connectivity index (χ4v) is 4.70. The Kier molecular flexibility index (Phi) is 6.98. The van der Waals surface area contributed by atoms with Gasteiger partial charge in [0.05, 0.1) is 5.69 Å². The maximum absolute atomic E-state index is 12.2. The number of amidine groups is 1. The van der Waals surface area contributed by atoms with Crippen LogP contribution in [0.3, 0.4) is 0 Å². The first-order chi connectivity index (χ1) is 18.7. The fraction of sp³-hybridized carbons (Fsp3) is 0.188. The summed E-state index contributed by atoms with van der Waals surface area (Å²) in [6, 6.07) is 18.9. The van der Waals surface area contributed by atoms with Gasteiger partial charge in [-0.15, -0.1) is 0 Å². The third kappa shape index (κ3) is 5.43. The Balaban J connectivity index is 0.000000163. The van der Waals surface area contributed by atoms with Gasteiger partial charge in [0.25, 0.3) is 5.78 Å². The van der Waals surface area contributed by atoms with E-state index in [0.29, 0.717) is 5.84 Å². The van der Waals surface area contributed by atoms with Gasteiger partial charge in [0.2, 0.25) is 0 Å². The molecule has 2 aromatic carbocycles. The van der Waals surface area contributed by atoms with Gasteiger partial charge in [-0.25, -0.2) is 9.78 Å². The molecule has 7 nitrogen and oxygen atoms in total. The Morgan fingerprint density at radius 2 is 1.44 bits per heavy atom. The molecule has 39 heavy (non-hydrogen) atoms. The largest absolute Gasteiger partial charge is 0.475 e. The van der Waals surface area contributed by atoms with Gasteiger partial charge in [-0.2, -0.15) is 0 Å². The van der Waals surface area contributed by atoms with Crippen molar-refractivity contribution in [2.45, 2.75) is 39.8 Å². The van der Waals surface area contributed by atoms with Gasteiger partial charge in [0.15, 0.2) is 0 Å². The number of aromatic nitrogens is 2. The zero-order valence-electron chi connectivity index (χ0n) is 22.4. The number of carbonyl (C=O) groups is 2. The zero-order chi connectivity index (χ0) is 27.7. The molecule has 0 aliphatic carbocycles. The van der Waals surface area contributed by atoms with E-state index in [1.54, 1.807) is 11.1 Å². The van der Waals surface area contributed by atoms with Crippen LogP contribution in [0.25, 0.3) is 16.9 Å². The number of aliphatic carboxylic acids is 1. The Labute approximate surface area is 227 Å². The van der Waals surface area contributed by atoms with Crippen LogP contribution in [0.4, 0.5) is 0 Å². The number of hydrogen-bond acceptors (Lipinski definition) is 5. The van der Waals surface area contributed by atoms with Crippen molar-refractivity contribution in [3.05, 3.63) is 119 Å². The van der Waals surface area contributed by atoms with E-state index in [4.69, 9.17) is 5.11 Å². The minimum absolute atomic E-state index is 0.508. The molecule has 1 N–H and O–H groups in total. The van der Waals surface area contributed by atoms with Crippen molar-refractivity contribution in [3.63, 3.8) is 0 Å². The lowest BCUT2D eigenvalue weighted by Gasteiger charge is -2.26. The number of allylic oxidation sites excluding steroid dienone is 2. The summed E-state index contributed by atoms with van der Waals surface area (Å²) in [6.45, 7) is 8.05. The number of benzene rings is 2. The summed E-state index contributed by atoms with van der Waals surface area (Å²) in [5.74, 6) is -1.65. The molecule has 0 saturated heterocycles. The van der Waals surface area contributed by atoms with Crippen LogP contribution in [0.2, 0.25) is 0 Å². The maximum atomic E-state index is 12.2. The van der Waals surface area contributed by atoms with E-state index < -0.39 is 23.8 Å². The topological polar surface area (TPSA) is 87.3 Å². The van der Waals surface area contributed by atoms with Crippen LogP contribution in [0.1, 0.15) is 35.2 Å². The zero-order valence-corrected chi connectivity index (χ0v) is 22.4. The highest BCUT2D eigenvalue weighted by molar-refractivity contribution is 6.36. The lowest BCUT2D eigenvalue weighted by atomic mass is 9.95. The number of nitrogens with zero attached hydrogens (tertiary/aromatic N) is 4. The van der Waals surface area contributed by atoms with E-state index in [1.165, 1.54) is 11.1 Å². The standard InChI is InChI=1S/C17H16N2O3.C15H14N2/c1-10-3-6-12(7-4-10)14-15(16(20)17(21)22)19-9-11(2)5-8-13(19)18-14;1-11-3-6-13(7-4-11)14-10-17-9-12(2)5-8-15(17)16-14/h3-9,14-15H,1-2H3,(H,21,22);3-10H,1-2H3. The van der Waals surface area contributed by atoms with Gasteiger partial charge in [-0.05, 0) is 56.5 Å². The Hall–Kier alpha value is -4.78. The summed E-state index contributed by atoms with van der Waals surface area (Å²) in [5.41, 5.74) is 8.58. The van der Waals surface area contributed by atoms with Gasteiger partial charge < -0.3 is 14.4 Å². The quantitative estimate of drug-likeness (QED) is 0.342. The van der Waals surface area contributed by atoms with E-state index in [-0.39, 0.29) is 0 Å². The second-order valence-corrected chi connectivity index (χ2v) is 10.0. The minimum Gasteiger partial charge on any atom is -0.475 e. The molecule has 196 valence electrons. The molecule has 0 amide bonds. The van der Waals surface area contributed by atoms with Crippen molar-refractivity contribution in [2.75, 3.05) is 0 Å². The van der Waals surface area contributed by atoms with Gasteiger partial charge in [0.1, 0.15) is 23.6 Å². The van der Waals surface area contributed by atoms with Crippen molar-refractivity contribution < 1.29 is 14.7 Å².